The smallest absolute Gasteiger partial charge is 0.347 e. The number of nitrogens with one attached hydrogen (secondary N) is 2. The molecule has 2 rings (SSSR count). The van der Waals surface area contributed by atoms with Crippen LogP contribution in [0.5, 0.6) is 0 Å². The zero-order valence-electron chi connectivity index (χ0n) is 17.7. The Morgan fingerprint density at radius 2 is 1.84 bits per heavy atom. The third kappa shape index (κ3) is 7.61. The van der Waals surface area contributed by atoms with E-state index in [0.717, 1.165) is 4.31 Å². The third-order valence-corrected chi connectivity index (χ3v) is 7.21. The lowest BCUT2D eigenvalue weighted by Gasteiger charge is -2.31. The van der Waals surface area contributed by atoms with Crippen LogP contribution < -0.4 is 10.6 Å². The van der Waals surface area contributed by atoms with E-state index in [9.17, 15) is 31.2 Å². The second kappa shape index (κ2) is 10.8. The number of piperidine rings is 1. The molecular weight excluding hydrogens is 473 g/mol. The largest absolute Gasteiger partial charge is 0.405 e. The lowest BCUT2D eigenvalue weighted by Crippen LogP contribution is -2.43. The van der Waals surface area contributed by atoms with Gasteiger partial charge in [0.05, 0.1) is 15.6 Å². The number of nitrogens with zero attached hydrogens (tertiary/aromatic N) is 2. The molecule has 0 atom stereocenters. The molecule has 1 aliphatic heterocycles. The summed E-state index contributed by atoms with van der Waals surface area (Å²) >= 11 is 6.08. The summed E-state index contributed by atoms with van der Waals surface area (Å²) < 4.78 is 62.2. The maximum absolute atomic E-state index is 12.3. The molecule has 1 aromatic carbocycles. The van der Waals surface area contributed by atoms with E-state index in [1.807, 2.05) is 10.2 Å². The molecule has 1 aliphatic rings. The van der Waals surface area contributed by atoms with E-state index < -0.39 is 34.6 Å². The van der Waals surface area contributed by atoms with Crippen LogP contribution in [0.4, 0.5) is 18.9 Å². The number of halogens is 4. The molecule has 0 bridgehead atoms. The highest BCUT2D eigenvalue weighted by Crippen LogP contribution is 2.26. The topological polar surface area (TPSA) is 98.8 Å². The average molecular weight is 499 g/mol. The summed E-state index contributed by atoms with van der Waals surface area (Å²) in [6.07, 6.45) is -3.53. The number of carbonyl (C=O) groups excluding carboxylic acids is 2. The lowest BCUT2D eigenvalue weighted by molar-refractivity contribution is -0.141. The van der Waals surface area contributed by atoms with E-state index in [2.05, 4.69) is 5.32 Å². The summed E-state index contributed by atoms with van der Waals surface area (Å²) in [5, 5.41) is 4.71. The normalized spacial score (nSPS) is 16.2. The first-order valence-electron chi connectivity index (χ1n) is 9.88. The lowest BCUT2D eigenvalue weighted by atomic mass is 9.96. The molecule has 2 N–H and O–H groups in total. The van der Waals surface area contributed by atoms with Gasteiger partial charge in [0, 0.05) is 33.0 Å². The number of amides is 2. The number of hydrogen-bond donors (Lipinski definition) is 2. The minimum absolute atomic E-state index is 0.00641. The Morgan fingerprint density at radius 3 is 2.41 bits per heavy atom. The van der Waals surface area contributed by atoms with E-state index in [1.54, 1.807) is 0 Å². The monoisotopic (exact) mass is 498 g/mol. The summed E-state index contributed by atoms with van der Waals surface area (Å²) in [5.41, 5.74) is 0.180. The van der Waals surface area contributed by atoms with Crippen LogP contribution in [-0.2, 0) is 19.6 Å². The number of alkyl halides is 3. The van der Waals surface area contributed by atoms with Crippen LogP contribution >= 0.6 is 11.6 Å². The van der Waals surface area contributed by atoms with Gasteiger partial charge >= 0.3 is 6.18 Å². The Labute approximate surface area is 190 Å². The van der Waals surface area contributed by atoms with Gasteiger partial charge in [0.25, 0.3) is 0 Å². The van der Waals surface area contributed by atoms with Gasteiger partial charge in [0.2, 0.25) is 21.8 Å². The maximum atomic E-state index is 12.3. The summed E-state index contributed by atoms with van der Waals surface area (Å²) in [4.78, 5) is 26.1. The van der Waals surface area contributed by atoms with Gasteiger partial charge in [-0.1, -0.05) is 11.6 Å². The summed E-state index contributed by atoms with van der Waals surface area (Å²) in [6.45, 7) is 0.00522. The van der Waals surface area contributed by atoms with Crippen LogP contribution in [0.1, 0.15) is 19.3 Å². The van der Waals surface area contributed by atoms with Crippen molar-refractivity contribution in [2.75, 3.05) is 45.6 Å². The number of hydrogen-bond acceptors (Lipinski definition) is 5. The van der Waals surface area contributed by atoms with Crippen molar-refractivity contribution >= 4 is 39.1 Å². The predicted molar refractivity (Wildman–Crippen MR) is 114 cm³/mol. The average Bonchev–Trinajstić information content (AvgIpc) is 2.71. The molecule has 1 fully saturated rings. The van der Waals surface area contributed by atoms with E-state index in [4.69, 9.17) is 11.6 Å². The van der Waals surface area contributed by atoms with Crippen molar-refractivity contribution in [3.8, 4) is 0 Å². The minimum atomic E-state index is -4.44. The van der Waals surface area contributed by atoms with Crippen LogP contribution in [0.2, 0.25) is 5.02 Å². The van der Waals surface area contributed by atoms with E-state index in [1.165, 1.54) is 32.3 Å². The van der Waals surface area contributed by atoms with Gasteiger partial charge in [0.1, 0.15) is 6.54 Å². The SMILES string of the molecule is CN(C)S(=O)(=O)c1ccc(Cl)c(NC(=O)CCN2CCC(C(=O)NCC(F)(F)F)CC2)c1. The Morgan fingerprint density at radius 1 is 1.22 bits per heavy atom. The molecule has 1 saturated heterocycles. The molecule has 0 spiro atoms. The number of anilines is 1. The van der Waals surface area contributed by atoms with Gasteiger partial charge in [-0.05, 0) is 44.1 Å². The first-order chi connectivity index (χ1) is 14.8. The minimum Gasteiger partial charge on any atom is -0.347 e. The molecular formula is C19H26ClF3N4O4S. The summed E-state index contributed by atoms with van der Waals surface area (Å²) in [5.74, 6) is -1.46. The Balaban J connectivity index is 1.83. The standard InChI is InChI=1S/C19H26ClF3N4O4S/c1-26(2)32(30,31)14-3-4-15(20)16(11-14)25-17(28)7-10-27-8-5-13(6-9-27)18(29)24-12-19(21,22)23/h3-4,11,13H,5-10,12H2,1-2H3,(H,24,29)(H,25,28). The molecule has 1 aromatic rings. The highest BCUT2D eigenvalue weighted by molar-refractivity contribution is 7.89. The van der Waals surface area contributed by atoms with Gasteiger partial charge in [-0.2, -0.15) is 13.2 Å². The Hall–Kier alpha value is -1.89. The van der Waals surface area contributed by atoms with Crippen molar-refractivity contribution < 1.29 is 31.2 Å². The number of likely N-dealkylation sites (tertiary alicyclic amines) is 1. The molecule has 0 aromatic heterocycles. The quantitative estimate of drug-likeness (QED) is 0.573. The van der Waals surface area contributed by atoms with Gasteiger partial charge in [-0.3, -0.25) is 9.59 Å². The molecule has 1 heterocycles. The maximum Gasteiger partial charge on any atom is 0.405 e. The number of carbonyl (C=O) groups is 2. The zero-order chi connectivity index (χ0) is 24.1. The first kappa shape index (κ1) is 26.4. The predicted octanol–water partition coefficient (Wildman–Crippen LogP) is 2.31. The van der Waals surface area contributed by atoms with Crippen LogP contribution in [0, 0.1) is 5.92 Å². The molecule has 13 heteroatoms. The van der Waals surface area contributed by atoms with E-state index >= 15 is 0 Å². The van der Waals surface area contributed by atoms with Crippen molar-refractivity contribution in [3.63, 3.8) is 0 Å². The number of benzene rings is 1. The van der Waals surface area contributed by atoms with Crippen molar-refractivity contribution in [1.29, 1.82) is 0 Å². The Bertz CT molecular complexity index is 933. The molecule has 0 saturated carbocycles. The van der Waals surface area contributed by atoms with Crippen LogP contribution in [-0.4, -0.2) is 75.9 Å². The fraction of sp³-hybridized carbons (Fsp3) is 0.579. The van der Waals surface area contributed by atoms with Crippen LogP contribution in [0.25, 0.3) is 0 Å². The molecule has 0 unspecified atom stereocenters. The summed E-state index contributed by atoms with van der Waals surface area (Å²) in [6, 6.07) is 4.03. The molecule has 0 aliphatic carbocycles. The van der Waals surface area contributed by atoms with Gasteiger partial charge < -0.3 is 15.5 Å². The van der Waals surface area contributed by atoms with Gasteiger partial charge in [0.15, 0.2) is 0 Å². The fourth-order valence-corrected chi connectivity index (χ4v) is 4.29. The fourth-order valence-electron chi connectivity index (χ4n) is 3.19. The zero-order valence-corrected chi connectivity index (χ0v) is 19.3. The Kier molecular flexibility index (Phi) is 8.91. The third-order valence-electron chi connectivity index (χ3n) is 5.07. The van der Waals surface area contributed by atoms with Gasteiger partial charge in [-0.15, -0.1) is 0 Å². The van der Waals surface area contributed by atoms with Crippen molar-refractivity contribution in [3.05, 3.63) is 23.2 Å². The van der Waals surface area contributed by atoms with E-state index in [-0.39, 0.29) is 27.9 Å². The van der Waals surface area contributed by atoms with Crippen molar-refractivity contribution in [1.82, 2.24) is 14.5 Å². The molecule has 0 radical (unpaired) electrons. The van der Waals surface area contributed by atoms with Crippen molar-refractivity contribution in [2.45, 2.75) is 30.3 Å². The highest BCUT2D eigenvalue weighted by atomic mass is 35.5. The van der Waals surface area contributed by atoms with Crippen LogP contribution in [0.3, 0.4) is 0 Å². The van der Waals surface area contributed by atoms with E-state index in [0.29, 0.717) is 32.5 Å². The number of rotatable bonds is 8. The van der Waals surface area contributed by atoms with Crippen molar-refractivity contribution in [2.24, 2.45) is 5.92 Å². The second-order valence-corrected chi connectivity index (χ2v) is 10.2. The van der Waals surface area contributed by atoms with Crippen LogP contribution in [0.15, 0.2) is 23.1 Å². The molecule has 180 valence electrons. The second-order valence-electron chi connectivity index (χ2n) is 7.68. The molecule has 8 nitrogen and oxygen atoms in total. The molecule has 2 amide bonds. The molecule has 32 heavy (non-hydrogen) atoms. The highest BCUT2D eigenvalue weighted by Gasteiger charge is 2.31. The first-order valence-corrected chi connectivity index (χ1v) is 11.7. The summed E-state index contributed by atoms with van der Waals surface area (Å²) in [7, 11) is -0.898. The van der Waals surface area contributed by atoms with Gasteiger partial charge in [-0.25, -0.2) is 12.7 Å². The number of sulfonamides is 1.